The minimum atomic E-state index is -0.0720. The van der Waals surface area contributed by atoms with Gasteiger partial charge in [0.05, 0.1) is 18.4 Å². The maximum Gasteiger partial charge on any atom is 0.257 e. The minimum absolute atomic E-state index is 0.0720. The molecule has 1 heterocycles. The molecule has 0 spiro atoms. The molecule has 0 aliphatic heterocycles. The Morgan fingerprint density at radius 3 is 2.95 bits per heavy atom. The first-order chi connectivity index (χ1) is 9.70. The van der Waals surface area contributed by atoms with Crippen molar-refractivity contribution in [3.63, 3.8) is 0 Å². The Hall–Kier alpha value is -2.51. The number of carbonyl (C=O) groups excluding carboxylic acids is 1. The normalized spacial score (nSPS) is 9.70. The number of rotatable bonds is 3. The van der Waals surface area contributed by atoms with E-state index in [0.717, 1.165) is 11.1 Å². The molecule has 2 aromatic rings. The zero-order chi connectivity index (χ0) is 14.4. The van der Waals surface area contributed by atoms with Gasteiger partial charge in [0.25, 0.3) is 5.91 Å². The smallest absolute Gasteiger partial charge is 0.257 e. The zero-order valence-corrected chi connectivity index (χ0v) is 11.3. The zero-order valence-electron chi connectivity index (χ0n) is 11.3. The van der Waals surface area contributed by atoms with E-state index in [4.69, 9.17) is 10.2 Å². The van der Waals surface area contributed by atoms with E-state index in [-0.39, 0.29) is 5.91 Å². The van der Waals surface area contributed by atoms with Crippen molar-refractivity contribution in [2.75, 3.05) is 13.6 Å². The molecule has 0 atom stereocenters. The van der Waals surface area contributed by atoms with E-state index < -0.39 is 0 Å². The minimum Gasteiger partial charge on any atom is -0.472 e. The van der Waals surface area contributed by atoms with Crippen molar-refractivity contribution in [1.29, 1.82) is 0 Å². The summed E-state index contributed by atoms with van der Waals surface area (Å²) in [5, 5.41) is 0. The fraction of sp³-hybridized carbons (Fsp3) is 0.188. The third-order valence-corrected chi connectivity index (χ3v) is 2.80. The molecular formula is C16H16N2O2. The number of nitrogens with zero attached hydrogens (tertiary/aromatic N) is 1. The van der Waals surface area contributed by atoms with Crippen LogP contribution in [0, 0.1) is 11.8 Å². The Morgan fingerprint density at radius 2 is 2.25 bits per heavy atom. The van der Waals surface area contributed by atoms with Crippen LogP contribution in [0.5, 0.6) is 0 Å². The van der Waals surface area contributed by atoms with Gasteiger partial charge in [-0.15, -0.1) is 0 Å². The Balaban J connectivity index is 2.08. The van der Waals surface area contributed by atoms with Crippen LogP contribution in [-0.2, 0) is 6.54 Å². The molecule has 102 valence electrons. The topological polar surface area (TPSA) is 59.5 Å². The van der Waals surface area contributed by atoms with E-state index in [1.807, 2.05) is 24.3 Å². The van der Waals surface area contributed by atoms with E-state index in [1.54, 1.807) is 18.0 Å². The second kappa shape index (κ2) is 6.60. The van der Waals surface area contributed by atoms with Crippen molar-refractivity contribution in [2.45, 2.75) is 6.54 Å². The lowest BCUT2D eigenvalue weighted by atomic mass is 10.1. The largest absolute Gasteiger partial charge is 0.472 e. The molecular weight excluding hydrogens is 252 g/mol. The van der Waals surface area contributed by atoms with Crippen molar-refractivity contribution >= 4 is 5.91 Å². The number of carbonyl (C=O) groups is 1. The molecule has 1 aromatic heterocycles. The van der Waals surface area contributed by atoms with Crippen LogP contribution in [0.4, 0.5) is 0 Å². The molecule has 4 nitrogen and oxygen atoms in total. The van der Waals surface area contributed by atoms with Crippen LogP contribution in [0.1, 0.15) is 21.5 Å². The van der Waals surface area contributed by atoms with E-state index in [0.29, 0.717) is 18.7 Å². The standard InChI is InChI=1S/C16H16N2O2/c1-18(16(19)15-7-9-20-12-15)11-14-5-2-4-13(10-14)6-3-8-17/h2,4-5,7,9-10,12H,8,11,17H2,1H3. The van der Waals surface area contributed by atoms with Crippen molar-refractivity contribution in [3.8, 4) is 11.8 Å². The van der Waals surface area contributed by atoms with E-state index in [2.05, 4.69) is 11.8 Å². The summed E-state index contributed by atoms with van der Waals surface area (Å²) in [6.07, 6.45) is 2.94. The quantitative estimate of drug-likeness (QED) is 0.864. The molecule has 0 saturated heterocycles. The van der Waals surface area contributed by atoms with Crippen LogP contribution in [0.15, 0.2) is 47.3 Å². The summed E-state index contributed by atoms with van der Waals surface area (Å²) in [7, 11) is 1.76. The highest BCUT2D eigenvalue weighted by molar-refractivity contribution is 5.93. The Morgan fingerprint density at radius 1 is 1.40 bits per heavy atom. The third kappa shape index (κ3) is 3.50. The van der Waals surface area contributed by atoms with Gasteiger partial charge in [-0.05, 0) is 23.8 Å². The first kappa shape index (κ1) is 13.9. The molecule has 2 rings (SSSR count). The highest BCUT2D eigenvalue weighted by Crippen LogP contribution is 2.10. The van der Waals surface area contributed by atoms with Gasteiger partial charge in [0.15, 0.2) is 0 Å². The van der Waals surface area contributed by atoms with Crippen LogP contribution in [0.25, 0.3) is 0 Å². The Labute approximate surface area is 118 Å². The maximum absolute atomic E-state index is 12.1. The van der Waals surface area contributed by atoms with Gasteiger partial charge >= 0.3 is 0 Å². The molecule has 1 aromatic carbocycles. The maximum atomic E-state index is 12.1. The van der Waals surface area contributed by atoms with Gasteiger partial charge in [0.1, 0.15) is 6.26 Å². The lowest BCUT2D eigenvalue weighted by molar-refractivity contribution is 0.0784. The molecule has 2 N–H and O–H groups in total. The summed E-state index contributed by atoms with van der Waals surface area (Å²) in [5.41, 5.74) is 7.82. The van der Waals surface area contributed by atoms with Gasteiger partial charge in [-0.3, -0.25) is 4.79 Å². The number of amides is 1. The average molecular weight is 268 g/mol. The highest BCUT2D eigenvalue weighted by atomic mass is 16.3. The van der Waals surface area contributed by atoms with Gasteiger partial charge in [-0.25, -0.2) is 0 Å². The molecule has 0 aliphatic rings. The lowest BCUT2D eigenvalue weighted by Crippen LogP contribution is -2.25. The van der Waals surface area contributed by atoms with Crippen LogP contribution in [-0.4, -0.2) is 24.4 Å². The number of nitrogens with two attached hydrogens (primary N) is 1. The summed E-state index contributed by atoms with van der Waals surface area (Å²) in [5.74, 6) is 5.72. The Kier molecular flexibility index (Phi) is 4.59. The predicted octanol–water partition coefficient (Wildman–Crippen LogP) is 1.86. The monoisotopic (exact) mass is 268 g/mol. The van der Waals surface area contributed by atoms with Crippen molar-refractivity contribution in [1.82, 2.24) is 4.90 Å². The van der Waals surface area contributed by atoms with Gasteiger partial charge in [-0.2, -0.15) is 0 Å². The molecule has 1 amide bonds. The van der Waals surface area contributed by atoms with Crippen molar-refractivity contribution < 1.29 is 9.21 Å². The average Bonchev–Trinajstić information content (AvgIpc) is 2.98. The first-order valence-corrected chi connectivity index (χ1v) is 6.26. The fourth-order valence-corrected chi connectivity index (χ4v) is 1.85. The molecule has 0 fully saturated rings. The van der Waals surface area contributed by atoms with Gasteiger partial charge < -0.3 is 15.1 Å². The molecule has 20 heavy (non-hydrogen) atoms. The van der Waals surface area contributed by atoms with Crippen LogP contribution in [0.3, 0.4) is 0 Å². The number of hydrogen-bond acceptors (Lipinski definition) is 3. The van der Waals surface area contributed by atoms with Gasteiger partial charge in [0.2, 0.25) is 0 Å². The van der Waals surface area contributed by atoms with Crippen LogP contribution in [0.2, 0.25) is 0 Å². The Bertz CT molecular complexity index is 636. The molecule has 0 unspecified atom stereocenters. The molecule has 0 saturated carbocycles. The number of benzene rings is 1. The predicted molar refractivity (Wildman–Crippen MR) is 76.9 cm³/mol. The summed E-state index contributed by atoms with van der Waals surface area (Å²) in [6, 6.07) is 9.42. The van der Waals surface area contributed by atoms with Crippen LogP contribution < -0.4 is 5.73 Å². The molecule has 0 bridgehead atoms. The highest BCUT2D eigenvalue weighted by Gasteiger charge is 2.12. The molecule has 0 aliphatic carbocycles. The van der Waals surface area contributed by atoms with Crippen molar-refractivity contribution in [3.05, 3.63) is 59.5 Å². The van der Waals surface area contributed by atoms with E-state index in [1.165, 1.54) is 12.5 Å². The first-order valence-electron chi connectivity index (χ1n) is 6.26. The van der Waals surface area contributed by atoms with E-state index in [9.17, 15) is 4.79 Å². The third-order valence-electron chi connectivity index (χ3n) is 2.80. The van der Waals surface area contributed by atoms with Crippen molar-refractivity contribution in [2.24, 2.45) is 5.73 Å². The van der Waals surface area contributed by atoms with Crippen LogP contribution >= 0.6 is 0 Å². The summed E-state index contributed by atoms with van der Waals surface area (Å²) < 4.78 is 4.92. The summed E-state index contributed by atoms with van der Waals surface area (Å²) in [6.45, 7) is 0.852. The molecule has 0 radical (unpaired) electrons. The second-order valence-corrected chi connectivity index (χ2v) is 4.38. The summed E-state index contributed by atoms with van der Waals surface area (Å²) in [4.78, 5) is 13.7. The fourth-order valence-electron chi connectivity index (χ4n) is 1.85. The molecule has 4 heteroatoms. The summed E-state index contributed by atoms with van der Waals surface area (Å²) >= 11 is 0. The van der Waals surface area contributed by atoms with Gasteiger partial charge in [0, 0.05) is 19.2 Å². The SMILES string of the molecule is CN(Cc1cccc(C#CCN)c1)C(=O)c1ccoc1. The number of hydrogen-bond donors (Lipinski definition) is 1. The lowest BCUT2D eigenvalue weighted by Gasteiger charge is -2.16. The van der Waals surface area contributed by atoms with Gasteiger partial charge in [-0.1, -0.05) is 24.0 Å². The second-order valence-electron chi connectivity index (χ2n) is 4.38. The number of furan rings is 1. The van der Waals surface area contributed by atoms with E-state index >= 15 is 0 Å².